The molecule has 1 N–H and O–H groups in total. The van der Waals surface area contributed by atoms with E-state index in [1.54, 1.807) is 4.90 Å². The van der Waals surface area contributed by atoms with Crippen molar-refractivity contribution in [3.8, 4) is 0 Å². The minimum absolute atomic E-state index is 0.0207. The van der Waals surface area contributed by atoms with Crippen LogP contribution >= 0.6 is 0 Å². The predicted octanol–water partition coefficient (Wildman–Crippen LogP) is 2.68. The van der Waals surface area contributed by atoms with Crippen molar-refractivity contribution in [3.05, 3.63) is 35.4 Å². The maximum absolute atomic E-state index is 12.5. The number of nitrogens with one attached hydrogen (secondary N) is 1. The van der Waals surface area contributed by atoms with Crippen LogP contribution in [-0.4, -0.2) is 47.4 Å². The third-order valence-electron chi connectivity index (χ3n) is 4.94. The number of amides is 3. The van der Waals surface area contributed by atoms with Crippen molar-refractivity contribution in [1.29, 1.82) is 0 Å². The number of nitrogens with zero attached hydrogens (tertiary/aromatic N) is 2. The van der Waals surface area contributed by atoms with E-state index in [0.29, 0.717) is 25.7 Å². The number of urea groups is 1. The summed E-state index contributed by atoms with van der Waals surface area (Å²) in [6.07, 6.45) is 5.79. The van der Waals surface area contributed by atoms with Gasteiger partial charge in [-0.1, -0.05) is 49.1 Å². The van der Waals surface area contributed by atoms with E-state index in [-0.39, 0.29) is 18.5 Å². The van der Waals surface area contributed by atoms with Crippen molar-refractivity contribution >= 4 is 11.9 Å². The van der Waals surface area contributed by atoms with E-state index in [0.717, 1.165) is 18.4 Å². The van der Waals surface area contributed by atoms with Gasteiger partial charge < -0.3 is 15.1 Å². The first kappa shape index (κ1) is 16.8. The molecule has 5 nitrogen and oxygen atoms in total. The molecule has 0 spiro atoms. The second-order valence-electron chi connectivity index (χ2n) is 7.02. The Bertz CT molecular complexity index is 596. The molecule has 130 valence electrons. The molecule has 1 heterocycles. The highest BCUT2D eigenvalue weighted by Gasteiger charge is 2.30. The van der Waals surface area contributed by atoms with Gasteiger partial charge in [0.05, 0.1) is 0 Å². The Balaban J connectivity index is 1.49. The number of carbonyl (C=O) groups is 2. The smallest absolute Gasteiger partial charge is 0.320 e. The third-order valence-corrected chi connectivity index (χ3v) is 4.94. The van der Waals surface area contributed by atoms with Crippen LogP contribution in [0.15, 0.2) is 24.3 Å². The number of benzene rings is 1. The first-order chi connectivity index (χ1) is 11.6. The molecular formula is C19H27N3O2. The first-order valence-corrected chi connectivity index (χ1v) is 9.00. The standard InChI is InChI=1S/C19H27N3O2/c1-15-6-5-7-16(12-15)13-21-10-11-22(19(21)24)14-18(23)20-17-8-3-2-4-9-17/h5-7,12,17H,2-4,8-11,13-14H2,1H3,(H,20,23). The fourth-order valence-electron chi connectivity index (χ4n) is 3.65. The fourth-order valence-corrected chi connectivity index (χ4v) is 3.65. The van der Waals surface area contributed by atoms with Crippen molar-refractivity contribution in [3.63, 3.8) is 0 Å². The highest BCUT2D eigenvalue weighted by atomic mass is 16.2. The molecule has 1 saturated carbocycles. The largest absolute Gasteiger partial charge is 0.352 e. The van der Waals surface area contributed by atoms with E-state index >= 15 is 0 Å². The summed E-state index contributed by atoms with van der Waals surface area (Å²) in [4.78, 5) is 28.2. The molecule has 1 aliphatic carbocycles. The topological polar surface area (TPSA) is 52.6 Å². The molecule has 1 aromatic carbocycles. The summed E-state index contributed by atoms with van der Waals surface area (Å²) < 4.78 is 0. The van der Waals surface area contributed by atoms with Gasteiger partial charge in [-0.2, -0.15) is 0 Å². The number of rotatable bonds is 5. The molecule has 0 radical (unpaired) electrons. The number of carbonyl (C=O) groups excluding carboxylic acids is 2. The monoisotopic (exact) mass is 329 g/mol. The molecule has 0 unspecified atom stereocenters. The molecule has 1 aromatic rings. The number of hydrogen-bond donors (Lipinski definition) is 1. The molecule has 2 aliphatic rings. The molecule has 24 heavy (non-hydrogen) atoms. The lowest BCUT2D eigenvalue weighted by molar-refractivity contribution is -0.122. The Morgan fingerprint density at radius 3 is 2.67 bits per heavy atom. The van der Waals surface area contributed by atoms with E-state index in [4.69, 9.17) is 0 Å². The van der Waals surface area contributed by atoms with Crippen LogP contribution in [0.2, 0.25) is 0 Å². The van der Waals surface area contributed by atoms with Crippen molar-refractivity contribution in [1.82, 2.24) is 15.1 Å². The van der Waals surface area contributed by atoms with Gasteiger partial charge in [0.1, 0.15) is 6.54 Å². The normalized spacial score (nSPS) is 19.0. The minimum Gasteiger partial charge on any atom is -0.352 e. The van der Waals surface area contributed by atoms with Gasteiger partial charge >= 0.3 is 6.03 Å². The van der Waals surface area contributed by atoms with Gasteiger partial charge in [0.25, 0.3) is 0 Å². The lowest BCUT2D eigenvalue weighted by Gasteiger charge is -2.24. The minimum atomic E-state index is -0.0321. The van der Waals surface area contributed by atoms with Crippen molar-refractivity contribution < 1.29 is 9.59 Å². The first-order valence-electron chi connectivity index (χ1n) is 9.00. The van der Waals surface area contributed by atoms with E-state index in [2.05, 4.69) is 24.4 Å². The van der Waals surface area contributed by atoms with Crippen LogP contribution in [0.25, 0.3) is 0 Å². The summed E-state index contributed by atoms with van der Waals surface area (Å²) in [6, 6.07) is 8.48. The molecule has 3 rings (SSSR count). The quantitative estimate of drug-likeness (QED) is 0.903. The Morgan fingerprint density at radius 1 is 1.17 bits per heavy atom. The van der Waals surface area contributed by atoms with Gasteiger partial charge in [0.15, 0.2) is 0 Å². The number of hydrogen-bond acceptors (Lipinski definition) is 2. The summed E-state index contributed by atoms with van der Waals surface area (Å²) in [5.41, 5.74) is 2.33. The zero-order valence-corrected chi connectivity index (χ0v) is 14.5. The van der Waals surface area contributed by atoms with Crippen LogP contribution in [0.4, 0.5) is 4.79 Å². The molecule has 1 aliphatic heterocycles. The van der Waals surface area contributed by atoms with Crippen LogP contribution in [0.1, 0.15) is 43.2 Å². The van der Waals surface area contributed by atoms with Crippen molar-refractivity contribution in [2.75, 3.05) is 19.6 Å². The molecule has 0 bridgehead atoms. The van der Waals surface area contributed by atoms with E-state index < -0.39 is 0 Å². The highest BCUT2D eigenvalue weighted by molar-refractivity contribution is 5.85. The molecule has 0 atom stereocenters. The molecule has 5 heteroatoms. The SMILES string of the molecule is Cc1cccc(CN2CCN(CC(=O)NC3CCCCC3)C2=O)c1. The van der Waals surface area contributed by atoms with Crippen molar-refractivity contribution in [2.45, 2.75) is 51.6 Å². The van der Waals surface area contributed by atoms with Crippen LogP contribution < -0.4 is 5.32 Å². The van der Waals surface area contributed by atoms with Gasteiger partial charge in [0.2, 0.25) is 5.91 Å². The molecule has 2 fully saturated rings. The molecule has 0 aromatic heterocycles. The van der Waals surface area contributed by atoms with E-state index in [9.17, 15) is 9.59 Å². The summed E-state index contributed by atoms with van der Waals surface area (Å²) in [7, 11) is 0. The average Bonchev–Trinajstić information content (AvgIpc) is 2.89. The zero-order chi connectivity index (χ0) is 16.9. The zero-order valence-electron chi connectivity index (χ0n) is 14.5. The lowest BCUT2D eigenvalue weighted by Crippen LogP contribution is -2.44. The molecular weight excluding hydrogens is 302 g/mol. The van der Waals surface area contributed by atoms with Gasteiger partial charge in [-0.15, -0.1) is 0 Å². The Morgan fingerprint density at radius 2 is 1.92 bits per heavy atom. The molecule has 3 amide bonds. The average molecular weight is 329 g/mol. The van der Waals surface area contributed by atoms with Crippen LogP contribution in [-0.2, 0) is 11.3 Å². The lowest BCUT2D eigenvalue weighted by atomic mass is 9.95. The Hall–Kier alpha value is -2.04. The maximum Gasteiger partial charge on any atom is 0.320 e. The summed E-state index contributed by atoms with van der Waals surface area (Å²) in [5.74, 6) is -0.0207. The van der Waals surface area contributed by atoms with E-state index in [1.165, 1.54) is 24.8 Å². The van der Waals surface area contributed by atoms with E-state index in [1.807, 2.05) is 17.0 Å². The van der Waals surface area contributed by atoms with Gasteiger partial charge in [-0.3, -0.25) is 4.79 Å². The van der Waals surface area contributed by atoms with Gasteiger partial charge in [0, 0.05) is 25.7 Å². The van der Waals surface area contributed by atoms with Gasteiger partial charge in [-0.25, -0.2) is 4.79 Å². The van der Waals surface area contributed by atoms with Gasteiger partial charge in [-0.05, 0) is 25.3 Å². The predicted molar refractivity (Wildman–Crippen MR) is 93.6 cm³/mol. The van der Waals surface area contributed by atoms with Crippen LogP contribution in [0.3, 0.4) is 0 Å². The second-order valence-corrected chi connectivity index (χ2v) is 7.02. The fraction of sp³-hybridized carbons (Fsp3) is 0.579. The van der Waals surface area contributed by atoms with Crippen LogP contribution in [0, 0.1) is 6.92 Å². The third kappa shape index (κ3) is 4.28. The Labute approximate surface area is 144 Å². The second kappa shape index (κ2) is 7.69. The molecule has 1 saturated heterocycles. The van der Waals surface area contributed by atoms with Crippen LogP contribution in [0.5, 0.6) is 0 Å². The maximum atomic E-state index is 12.5. The summed E-state index contributed by atoms with van der Waals surface area (Å²) in [5, 5.41) is 3.09. The van der Waals surface area contributed by atoms with Crippen molar-refractivity contribution in [2.24, 2.45) is 0 Å². The highest BCUT2D eigenvalue weighted by Crippen LogP contribution is 2.18. The Kier molecular flexibility index (Phi) is 5.38. The summed E-state index contributed by atoms with van der Waals surface area (Å²) >= 11 is 0. The summed E-state index contributed by atoms with van der Waals surface area (Å²) in [6.45, 7) is 4.16. The number of aryl methyl sites for hydroxylation is 1.